The number of nitrogens with two attached hydrogens (primary N) is 1. The third kappa shape index (κ3) is 4.44. The summed E-state index contributed by atoms with van der Waals surface area (Å²) >= 11 is 6.10. The molecule has 0 saturated carbocycles. The number of hydrogen-bond donors (Lipinski definition) is 2. The smallest absolute Gasteiger partial charge is 0.138 e. The van der Waals surface area contributed by atoms with Crippen molar-refractivity contribution in [1.82, 2.24) is 0 Å². The van der Waals surface area contributed by atoms with Gasteiger partial charge in [0, 0.05) is 12.2 Å². The minimum Gasteiger partial charge on any atom is -0.492 e. The molecule has 0 aromatic heterocycles. The van der Waals surface area contributed by atoms with Gasteiger partial charge in [0.15, 0.2) is 0 Å². The maximum absolute atomic E-state index is 6.10. The van der Waals surface area contributed by atoms with Crippen molar-refractivity contribution < 1.29 is 4.74 Å². The van der Waals surface area contributed by atoms with E-state index < -0.39 is 0 Å². The Bertz CT molecular complexity index is 340. The van der Waals surface area contributed by atoms with Crippen molar-refractivity contribution in [3.63, 3.8) is 0 Å². The minimum absolute atomic E-state index is 0.500. The molecule has 4 heteroatoms. The standard InChI is InChI=1S/C13H21ClN2O/c1-3-10(8-15)9-16-11-5-6-13(17-4-2)12(14)7-11/h5-7,10,16H,3-4,8-9,15H2,1-2H3. The van der Waals surface area contributed by atoms with Crippen LogP contribution in [0.3, 0.4) is 0 Å². The zero-order valence-electron chi connectivity index (χ0n) is 10.5. The van der Waals surface area contributed by atoms with Gasteiger partial charge in [-0.1, -0.05) is 24.9 Å². The number of benzene rings is 1. The van der Waals surface area contributed by atoms with Crippen LogP contribution in [-0.2, 0) is 0 Å². The van der Waals surface area contributed by atoms with Crippen molar-refractivity contribution in [3.8, 4) is 5.75 Å². The highest BCUT2D eigenvalue weighted by molar-refractivity contribution is 6.32. The molecule has 3 N–H and O–H groups in total. The first kappa shape index (κ1) is 14.1. The summed E-state index contributed by atoms with van der Waals surface area (Å²) in [7, 11) is 0. The summed E-state index contributed by atoms with van der Waals surface area (Å²) in [6, 6.07) is 5.74. The van der Waals surface area contributed by atoms with Gasteiger partial charge in [0.05, 0.1) is 11.6 Å². The van der Waals surface area contributed by atoms with Gasteiger partial charge in [-0.25, -0.2) is 0 Å². The van der Waals surface area contributed by atoms with Crippen LogP contribution in [-0.4, -0.2) is 19.7 Å². The number of nitrogens with one attached hydrogen (secondary N) is 1. The number of rotatable bonds is 7. The van der Waals surface area contributed by atoms with Crippen LogP contribution < -0.4 is 15.8 Å². The Morgan fingerprint density at radius 2 is 2.18 bits per heavy atom. The molecule has 1 unspecified atom stereocenters. The first-order valence-corrected chi connectivity index (χ1v) is 6.45. The molecule has 1 aromatic rings. The lowest BCUT2D eigenvalue weighted by atomic mass is 10.1. The Labute approximate surface area is 108 Å². The largest absolute Gasteiger partial charge is 0.492 e. The van der Waals surface area contributed by atoms with Gasteiger partial charge < -0.3 is 15.8 Å². The lowest BCUT2D eigenvalue weighted by Crippen LogP contribution is -2.22. The van der Waals surface area contributed by atoms with Gasteiger partial charge in [0.1, 0.15) is 5.75 Å². The number of hydrogen-bond acceptors (Lipinski definition) is 3. The van der Waals surface area contributed by atoms with Crippen molar-refractivity contribution in [2.45, 2.75) is 20.3 Å². The van der Waals surface area contributed by atoms with Crippen LogP contribution in [0, 0.1) is 5.92 Å². The molecule has 0 spiro atoms. The van der Waals surface area contributed by atoms with Crippen molar-refractivity contribution in [1.29, 1.82) is 0 Å². The molecule has 3 nitrogen and oxygen atoms in total. The van der Waals surface area contributed by atoms with Crippen LogP contribution in [0.2, 0.25) is 5.02 Å². The van der Waals surface area contributed by atoms with Crippen molar-refractivity contribution in [2.75, 3.05) is 25.0 Å². The summed E-state index contributed by atoms with van der Waals surface area (Å²) in [6.45, 7) is 6.28. The quantitative estimate of drug-likeness (QED) is 0.788. The highest BCUT2D eigenvalue weighted by atomic mass is 35.5. The summed E-state index contributed by atoms with van der Waals surface area (Å²) in [5.41, 5.74) is 6.66. The Morgan fingerprint density at radius 3 is 2.71 bits per heavy atom. The first-order chi connectivity index (χ1) is 8.21. The lowest BCUT2D eigenvalue weighted by Gasteiger charge is -2.15. The van der Waals surface area contributed by atoms with Gasteiger partial charge in [0.25, 0.3) is 0 Å². The highest BCUT2D eigenvalue weighted by Crippen LogP contribution is 2.27. The van der Waals surface area contributed by atoms with Gasteiger partial charge >= 0.3 is 0 Å². The molecule has 0 aliphatic heterocycles. The predicted molar refractivity (Wildman–Crippen MR) is 73.9 cm³/mol. The van der Waals surface area contributed by atoms with Crippen LogP contribution in [0.5, 0.6) is 5.75 Å². The molecule has 1 atom stereocenters. The molecule has 0 saturated heterocycles. The minimum atomic E-state index is 0.500. The van der Waals surface area contributed by atoms with Crippen LogP contribution in [0.15, 0.2) is 18.2 Å². The molecule has 96 valence electrons. The lowest BCUT2D eigenvalue weighted by molar-refractivity contribution is 0.340. The molecule has 0 aliphatic carbocycles. The maximum atomic E-state index is 6.10. The SMILES string of the molecule is CCOc1ccc(NCC(CC)CN)cc1Cl. The Hall–Kier alpha value is -0.930. The van der Waals surface area contributed by atoms with Crippen LogP contribution >= 0.6 is 11.6 Å². The third-order valence-corrected chi connectivity index (χ3v) is 3.03. The second-order valence-corrected chi connectivity index (χ2v) is 4.38. The van der Waals surface area contributed by atoms with Gasteiger partial charge in [-0.3, -0.25) is 0 Å². The van der Waals surface area contributed by atoms with E-state index in [1.54, 1.807) is 0 Å². The van der Waals surface area contributed by atoms with Gasteiger partial charge in [-0.05, 0) is 37.6 Å². The van der Waals surface area contributed by atoms with E-state index in [0.29, 0.717) is 24.1 Å². The van der Waals surface area contributed by atoms with E-state index in [9.17, 15) is 0 Å². The zero-order chi connectivity index (χ0) is 12.7. The van der Waals surface area contributed by atoms with Crippen molar-refractivity contribution in [2.24, 2.45) is 11.7 Å². The second-order valence-electron chi connectivity index (χ2n) is 3.97. The average Bonchev–Trinajstić information content (AvgIpc) is 2.34. The summed E-state index contributed by atoms with van der Waals surface area (Å²) in [4.78, 5) is 0. The topological polar surface area (TPSA) is 47.3 Å². The van der Waals surface area contributed by atoms with Gasteiger partial charge in [-0.2, -0.15) is 0 Å². The Balaban J connectivity index is 2.58. The molecule has 0 fully saturated rings. The number of ether oxygens (including phenoxy) is 1. The molecule has 17 heavy (non-hydrogen) atoms. The molecular formula is C13H21ClN2O. The van der Waals surface area contributed by atoms with E-state index in [-0.39, 0.29) is 0 Å². The normalized spacial score (nSPS) is 12.2. The highest BCUT2D eigenvalue weighted by Gasteiger charge is 2.05. The van der Waals surface area contributed by atoms with Gasteiger partial charge in [-0.15, -0.1) is 0 Å². The molecule has 0 amide bonds. The molecule has 0 aliphatic rings. The van der Waals surface area contributed by atoms with E-state index in [0.717, 1.165) is 24.4 Å². The fourth-order valence-corrected chi connectivity index (χ4v) is 1.77. The number of halogens is 1. The molecule has 0 bridgehead atoms. The van der Waals surface area contributed by atoms with Crippen molar-refractivity contribution >= 4 is 17.3 Å². The average molecular weight is 257 g/mol. The van der Waals surface area contributed by atoms with Gasteiger partial charge in [0.2, 0.25) is 0 Å². The Morgan fingerprint density at radius 1 is 1.41 bits per heavy atom. The van der Waals surface area contributed by atoms with Crippen LogP contribution in [0.4, 0.5) is 5.69 Å². The van der Waals surface area contributed by atoms with E-state index in [2.05, 4.69) is 12.2 Å². The van der Waals surface area contributed by atoms with Crippen LogP contribution in [0.1, 0.15) is 20.3 Å². The van der Waals surface area contributed by atoms with E-state index in [4.69, 9.17) is 22.1 Å². The molecule has 1 aromatic carbocycles. The molecule has 0 radical (unpaired) electrons. The maximum Gasteiger partial charge on any atom is 0.138 e. The fraction of sp³-hybridized carbons (Fsp3) is 0.538. The summed E-state index contributed by atoms with van der Waals surface area (Å²) in [5, 5.41) is 3.97. The zero-order valence-corrected chi connectivity index (χ0v) is 11.3. The van der Waals surface area contributed by atoms with E-state index in [1.165, 1.54) is 0 Å². The molecular weight excluding hydrogens is 236 g/mol. The fourth-order valence-electron chi connectivity index (χ4n) is 1.54. The summed E-state index contributed by atoms with van der Waals surface area (Å²) in [6.07, 6.45) is 1.08. The number of anilines is 1. The Kier molecular flexibility index (Phi) is 6.16. The monoisotopic (exact) mass is 256 g/mol. The second kappa shape index (κ2) is 7.41. The summed E-state index contributed by atoms with van der Waals surface area (Å²) < 4.78 is 5.38. The van der Waals surface area contributed by atoms with E-state index in [1.807, 2.05) is 25.1 Å². The third-order valence-electron chi connectivity index (χ3n) is 2.74. The summed E-state index contributed by atoms with van der Waals surface area (Å²) in [5.74, 6) is 1.23. The predicted octanol–water partition coefficient (Wildman–Crippen LogP) is 3.14. The molecule has 0 heterocycles. The van der Waals surface area contributed by atoms with E-state index >= 15 is 0 Å². The van der Waals surface area contributed by atoms with Crippen LogP contribution in [0.25, 0.3) is 0 Å². The molecule has 1 rings (SSSR count). The van der Waals surface area contributed by atoms with Crippen molar-refractivity contribution in [3.05, 3.63) is 23.2 Å². The first-order valence-electron chi connectivity index (χ1n) is 6.07.